The fraction of sp³-hybridized carbons (Fsp3) is 0.923. The van der Waals surface area contributed by atoms with Crippen LogP contribution in [-0.4, -0.2) is 25.5 Å². The molecular formula is C13H26N2O. The van der Waals surface area contributed by atoms with Gasteiger partial charge in [0.25, 0.3) is 0 Å². The van der Waals surface area contributed by atoms with Crippen LogP contribution in [0.1, 0.15) is 46.0 Å². The Morgan fingerprint density at radius 1 is 1.56 bits per heavy atom. The minimum Gasteiger partial charge on any atom is -0.356 e. The highest BCUT2D eigenvalue weighted by atomic mass is 16.1. The average Bonchev–Trinajstić information content (AvgIpc) is 2.30. The molecule has 1 amide bonds. The average molecular weight is 226 g/mol. The zero-order valence-electron chi connectivity index (χ0n) is 10.7. The summed E-state index contributed by atoms with van der Waals surface area (Å²) in [6, 6.07) is 0. The quantitative estimate of drug-likeness (QED) is 0.726. The molecule has 1 fully saturated rings. The SMILES string of the molecule is CCCC(C)C(=O)NCCC1CCCNC1. The molecule has 1 heterocycles. The standard InChI is InChI=1S/C13H26N2O/c1-3-5-11(2)13(16)15-9-7-12-6-4-8-14-10-12/h11-12,14H,3-10H2,1-2H3,(H,15,16). The normalized spacial score (nSPS) is 22.8. The van der Waals surface area contributed by atoms with E-state index in [1.165, 1.54) is 12.8 Å². The minimum absolute atomic E-state index is 0.175. The summed E-state index contributed by atoms with van der Waals surface area (Å²) < 4.78 is 0. The Balaban J connectivity index is 2.07. The van der Waals surface area contributed by atoms with E-state index in [-0.39, 0.29) is 11.8 Å². The summed E-state index contributed by atoms with van der Waals surface area (Å²) in [7, 11) is 0. The lowest BCUT2D eigenvalue weighted by molar-refractivity contribution is -0.124. The van der Waals surface area contributed by atoms with E-state index in [1.54, 1.807) is 0 Å². The molecule has 0 aromatic rings. The lowest BCUT2D eigenvalue weighted by Crippen LogP contribution is -2.34. The Kier molecular flexibility index (Phi) is 6.46. The number of hydrogen-bond donors (Lipinski definition) is 2. The van der Waals surface area contributed by atoms with Gasteiger partial charge in [-0.15, -0.1) is 0 Å². The molecule has 2 N–H and O–H groups in total. The van der Waals surface area contributed by atoms with Crippen LogP contribution in [0.5, 0.6) is 0 Å². The fourth-order valence-corrected chi connectivity index (χ4v) is 2.31. The Bertz CT molecular complexity index is 200. The van der Waals surface area contributed by atoms with Gasteiger partial charge in [0.1, 0.15) is 0 Å². The second-order valence-corrected chi connectivity index (χ2v) is 4.98. The van der Waals surface area contributed by atoms with Crippen LogP contribution in [0, 0.1) is 11.8 Å². The summed E-state index contributed by atoms with van der Waals surface area (Å²) in [5.41, 5.74) is 0. The number of piperidine rings is 1. The van der Waals surface area contributed by atoms with Crippen molar-refractivity contribution in [2.75, 3.05) is 19.6 Å². The maximum atomic E-state index is 11.6. The van der Waals surface area contributed by atoms with Crippen LogP contribution < -0.4 is 10.6 Å². The van der Waals surface area contributed by atoms with Crippen LogP contribution in [0.15, 0.2) is 0 Å². The first kappa shape index (κ1) is 13.5. The van der Waals surface area contributed by atoms with Crippen LogP contribution in [0.2, 0.25) is 0 Å². The van der Waals surface area contributed by atoms with Gasteiger partial charge in [0, 0.05) is 12.5 Å². The van der Waals surface area contributed by atoms with Crippen LogP contribution in [0.4, 0.5) is 0 Å². The molecule has 94 valence electrons. The van der Waals surface area contributed by atoms with Crippen molar-refractivity contribution >= 4 is 5.91 Å². The van der Waals surface area contributed by atoms with Gasteiger partial charge in [-0.1, -0.05) is 20.3 Å². The fourth-order valence-electron chi connectivity index (χ4n) is 2.31. The molecular weight excluding hydrogens is 200 g/mol. The predicted octanol–water partition coefficient (Wildman–Crippen LogP) is 1.93. The molecule has 0 spiro atoms. The van der Waals surface area contributed by atoms with E-state index in [0.29, 0.717) is 0 Å². The van der Waals surface area contributed by atoms with Gasteiger partial charge in [-0.2, -0.15) is 0 Å². The van der Waals surface area contributed by atoms with Crippen molar-refractivity contribution in [3.05, 3.63) is 0 Å². The molecule has 1 aliphatic rings. The highest BCUT2D eigenvalue weighted by Gasteiger charge is 2.14. The largest absolute Gasteiger partial charge is 0.356 e. The lowest BCUT2D eigenvalue weighted by atomic mass is 9.96. The monoisotopic (exact) mass is 226 g/mol. The van der Waals surface area contributed by atoms with Crippen molar-refractivity contribution in [1.29, 1.82) is 0 Å². The van der Waals surface area contributed by atoms with Crippen LogP contribution in [-0.2, 0) is 4.79 Å². The number of carbonyl (C=O) groups excluding carboxylic acids is 1. The van der Waals surface area contributed by atoms with Crippen molar-refractivity contribution in [1.82, 2.24) is 10.6 Å². The summed E-state index contributed by atoms with van der Waals surface area (Å²) in [5, 5.41) is 6.45. The lowest BCUT2D eigenvalue weighted by Gasteiger charge is -2.23. The van der Waals surface area contributed by atoms with E-state index in [0.717, 1.165) is 44.8 Å². The molecule has 0 bridgehead atoms. The molecule has 0 aromatic carbocycles. The first-order chi connectivity index (χ1) is 7.74. The van der Waals surface area contributed by atoms with Gasteiger partial charge in [0.15, 0.2) is 0 Å². The zero-order valence-corrected chi connectivity index (χ0v) is 10.7. The van der Waals surface area contributed by atoms with E-state index in [1.807, 2.05) is 6.92 Å². The van der Waals surface area contributed by atoms with Gasteiger partial charge in [0.05, 0.1) is 0 Å². The first-order valence-corrected chi connectivity index (χ1v) is 6.72. The topological polar surface area (TPSA) is 41.1 Å². The maximum Gasteiger partial charge on any atom is 0.222 e. The molecule has 16 heavy (non-hydrogen) atoms. The Hall–Kier alpha value is -0.570. The zero-order chi connectivity index (χ0) is 11.8. The number of carbonyl (C=O) groups is 1. The molecule has 1 saturated heterocycles. The van der Waals surface area contributed by atoms with Gasteiger partial charge in [-0.3, -0.25) is 4.79 Å². The molecule has 3 nitrogen and oxygen atoms in total. The third-order valence-electron chi connectivity index (χ3n) is 3.42. The molecule has 1 rings (SSSR count). The molecule has 0 aliphatic carbocycles. The van der Waals surface area contributed by atoms with Gasteiger partial charge >= 0.3 is 0 Å². The van der Waals surface area contributed by atoms with E-state index < -0.39 is 0 Å². The summed E-state index contributed by atoms with van der Waals surface area (Å²) in [6.07, 6.45) is 5.80. The van der Waals surface area contributed by atoms with Gasteiger partial charge < -0.3 is 10.6 Å². The minimum atomic E-state index is 0.175. The van der Waals surface area contributed by atoms with Crippen LogP contribution in [0.3, 0.4) is 0 Å². The van der Waals surface area contributed by atoms with Crippen molar-refractivity contribution in [3.63, 3.8) is 0 Å². The third kappa shape index (κ3) is 4.97. The van der Waals surface area contributed by atoms with Crippen molar-refractivity contribution in [2.45, 2.75) is 46.0 Å². The van der Waals surface area contributed by atoms with Crippen LogP contribution in [0.25, 0.3) is 0 Å². The van der Waals surface area contributed by atoms with E-state index in [9.17, 15) is 4.79 Å². The molecule has 3 heteroatoms. The van der Waals surface area contributed by atoms with E-state index in [2.05, 4.69) is 17.6 Å². The smallest absolute Gasteiger partial charge is 0.222 e. The van der Waals surface area contributed by atoms with Gasteiger partial charge in [0.2, 0.25) is 5.91 Å². The maximum absolute atomic E-state index is 11.6. The second-order valence-electron chi connectivity index (χ2n) is 4.98. The van der Waals surface area contributed by atoms with Crippen molar-refractivity contribution < 1.29 is 4.79 Å². The summed E-state index contributed by atoms with van der Waals surface area (Å²) in [4.78, 5) is 11.6. The Morgan fingerprint density at radius 3 is 3.00 bits per heavy atom. The Morgan fingerprint density at radius 2 is 2.38 bits per heavy atom. The van der Waals surface area contributed by atoms with Crippen molar-refractivity contribution in [3.8, 4) is 0 Å². The second kappa shape index (κ2) is 7.66. The van der Waals surface area contributed by atoms with Gasteiger partial charge in [-0.05, 0) is 44.7 Å². The summed E-state index contributed by atoms with van der Waals surface area (Å²) >= 11 is 0. The van der Waals surface area contributed by atoms with E-state index in [4.69, 9.17) is 0 Å². The molecule has 2 unspecified atom stereocenters. The van der Waals surface area contributed by atoms with Crippen molar-refractivity contribution in [2.24, 2.45) is 11.8 Å². The molecule has 0 aromatic heterocycles. The number of hydrogen-bond acceptors (Lipinski definition) is 2. The summed E-state index contributed by atoms with van der Waals surface area (Å²) in [5.74, 6) is 1.16. The molecule has 1 aliphatic heterocycles. The Labute approximate surface area is 99.4 Å². The van der Waals surface area contributed by atoms with Gasteiger partial charge in [-0.25, -0.2) is 0 Å². The number of nitrogens with one attached hydrogen (secondary N) is 2. The third-order valence-corrected chi connectivity index (χ3v) is 3.42. The number of rotatable bonds is 6. The van der Waals surface area contributed by atoms with E-state index >= 15 is 0 Å². The first-order valence-electron chi connectivity index (χ1n) is 6.72. The molecule has 2 atom stereocenters. The summed E-state index contributed by atoms with van der Waals surface area (Å²) in [6.45, 7) is 7.27. The molecule has 0 radical (unpaired) electrons. The highest BCUT2D eigenvalue weighted by Crippen LogP contribution is 2.13. The van der Waals surface area contributed by atoms with Crippen LogP contribution >= 0.6 is 0 Å². The molecule has 0 saturated carbocycles. The predicted molar refractivity (Wildman–Crippen MR) is 67.3 cm³/mol. The number of amides is 1. The highest BCUT2D eigenvalue weighted by molar-refractivity contribution is 5.78.